The molecule has 0 aromatic heterocycles. The van der Waals surface area contributed by atoms with E-state index in [1.54, 1.807) is 12.1 Å². The standard InChI is InChI=1S/C15H19B2NO/c1-8(2)6-13(19)18-12-7-11(16)10(5)15(17)14(12)9(3)4/h6-7,9H,1-5H3,(H,18,19). The van der Waals surface area contributed by atoms with E-state index in [0.717, 1.165) is 16.7 Å². The minimum atomic E-state index is -0.162. The zero-order valence-corrected chi connectivity index (χ0v) is 12.3. The zero-order valence-electron chi connectivity index (χ0n) is 12.3. The van der Waals surface area contributed by atoms with E-state index in [9.17, 15) is 4.79 Å². The van der Waals surface area contributed by atoms with Gasteiger partial charge in [-0.2, -0.15) is 0 Å². The first-order valence-corrected chi connectivity index (χ1v) is 6.38. The van der Waals surface area contributed by atoms with Crippen molar-refractivity contribution < 1.29 is 4.79 Å². The van der Waals surface area contributed by atoms with Gasteiger partial charge in [0.2, 0.25) is 5.91 Å². The molecule has 19 heavy (non-hydrogen) atoms. The van der Waals surface area contributed by atoms with Crippen LogP contribution in [0.3, 0.4) is 0 Å². The molecule has 0 saturated carbocycles. The number of nitrogens with one attached hydrogen (secondary N) is 1. The average molecular weight is 251 g/mol. The van der Waals surface area contributed by atoms with Crippen LogP contribution in [0.25, 0.3) is 0 Å². The summed E-state index contributed by atoms with van der Waals surface area (Å²) < 4.78 is 0. The van der Waals surface area contributed by atoms with Crippen LogP contribution in [0.5, 0.6) is 0 Å². The number of amides is 1. The second-order valence-electron chi connectivity index (χ2n) is 5.33. The molecule has 1 rings (SSSR count). The second kappa shape index (κ2) is 6.14. The summed E-state index contributed by atoms with van der Waals surface area (Å²) in [6.07, 6.45) is 1.55. The summed E-state index contributed by atoms with van der Waals surface area (Å²) in [6.45, 7) is 9.72. The maximum atomic E-state index is 11.8. The summed E-state index contributed by atoms with van der Waals surface area (Å²) in [5.41, 5.74) is 4.68. The van der Waals surface area contributed by atoms with E-state index in [2.05, 4.69) is 5.32 Å². The summed E-state index contributed by atoms with van der Waals surface area (Å²) in [4.78, 5) is 11.8. The smallest absolute Gasteiger partial charge is 0.248 e. The molecule has 0 unspecified atom stereocenters. The van der Waals surface area contributed by atoms with Crippen molar-refractivity contribution in [3.05, 3.63) is 28.8 Å². The molecular formula is C15H19B2NO. The normalized spacial score (nSPS) is 10.4. The van der Waals surface area contributed by atoms with Gasteiger partial charge in [-0.15, -0.1) is 0 Å². The van der Waals surface area contributed by atoms with E-state index in [1.165, 1.54) is 0 Å². The van der Waals surface area contributed by atoms with Gasteiger partial charge < -0.3 is 5.32 Å². The Kier molecular flexibility index (Phi) is 5.04. The van der Waals surface area contributed by atoms with Gasteiger partial charge in [-0.05, 0) is 38.3 Å². The Morgan fingerprint density at radius 3 is 2.37 bits per heavy atom. The van der Waals surface area contributed by atoms with Crippen molar-refractivity contribution in [1.82, 2.24) is 0 Å². The maximum absolute atomic E-state index is 11.8. The molecule has 4 radical (unpaired) electrons. The van der Waals surface area contributed by atoms with Crippen LogP contribution in [0.4, 0.5) is 5.69 Å². The first-order valence-electron chi connectivity index (χ1n) is 6.38. The molecule has 1 N–H and O–H groups in total. The van der Waals surface area contributed by atoms with Crippen molar-refractivity contribution in [2.45, 2.75) is 40.5 Å². The third-order valence-electron chi connectivity index (χ3n) is 2.97. The van der Waals surface area contributed by atoms with Crippen molar-refractivity contribution in [3.63, 3.8) is 0 Å². The molecule has 0 atom stereocenters. The first kappa shape index (κ1) is 15.6. The fourth-order valence-corrected chi connectivity index (χ4v) is 2.00. The molecule has 0 aliphatic heterocycles. The predicted molar refractivity (Wildman–Crippen MR) is 84.1 cm³/mol. The van der Waals surface area contributed by atoms with E-state index in [1.807, 2.05) is 34.6 Å². The molecule has 0 spiro atoms. The van der Waals surface area contributed by atoms with Crippen molar-refractivity contribution in [2.24, 2.45) is 0 Å². The molecule has 1 amide bonds. The number of rotatable bonds is 3. The lowest BCUT2D eigenvalue weighted by atomic mass is 9.75. The molecular weight excluding hydrogens is 232 g/mol. The Bertz CT molecular complexity index is 529. The Hall–Kier alpha value is -1.44. The van der Waals surface area contributed by atoms with Crippen LogP contribution in [0.15, 0.2) is 17.7 Å². The highest BCUT2D eigenvalue weighted by Crippen LogP contribution is 2.22. The topological polar surface area (TPSA) is 29.1 Å². The highest BCUT2D eigenvalue weighted by atomic mass is 16.1. The lowest BCUT2D eigenvalue weighted by molar-refractivity contribution is -0.111. The summed E-state index contributed by atoms with van der Waals surface area (Å²) in [7, 11) is 12.0. The molecule has 2 nitrogen and oxygen atoms in total. The number of allylic oxidation sites excluding steroid dienone is 1. The number of hydrogen-bond acceptors (Lipinski definition) is 1. The van der Waals surface area contributed by atoms with Gasteiger partial charge in [-0.25, -0.2) is 0 Å². The van der Waals surface area contributed by atoms with Gasteiger partial charge in [0.1, 0.15) is 15.7 Å². The molecule has 0 saturated heterocycles. The van der Waals surface area contributed by atoms with Gasteiger partial charge in [0.25, 0.3) is 0 Å². The van der Waals surface area contributed by atoms with Crippen LogP contribution in [0.2, 0.25) is 0 Å². The molecule has 0 aliphatic carbocycles. The Balaban J connectivity index is 3.27. The quantitative estimate of drug-likeness (QED) is 0.641. The Labute approximate surface area is 118 Å². The third kappa shape index (κ3) is 3.76. The van der Waals surface area contributed by atoms with Crippen molar-refractivity contribution in [3.8, 4) is 0 Å². The first-order chi connectivity index (χ1) is 8.73. The third-order valence-corrected chi connectivity index (χ3v) is 2.97. The summed E-state index contributed by atoms with van der Waals surface area (Å²) >= 11 is 0. The van der Waals surface area contributed by atoms with Crippen molar-refractivity contribution in [1.29, 1.82) is 0 Å². The number of carbonyl (C=O) groups is 1. The van der Waals surface area contributed by atoms with E-state index >= 15 is 0 Å². The SMILES string of the molecule is [B]c1cc(NC(=O)C=C(C)C)c(C(C)C)c([B])c1C. The Morgan fingerprint density at radius 2 is 1.89 bits per heavy atom. The van der Waals surface area contributed by atoms with Crippen LogP contribution in [0.1, 0.15) is 44.7 Å². The van der Waals surface area contributed by atoms with Crippen LogP contribution in [-0.2, 0) is 4.79 Å². The molecule has 4 heteroatoms. The van der Waals surface area contributed by atoms with Crippen LogP contribution < -0.4 is 16.2 Å². The monoisotopic (exact) mass is 251 g/mol. The Morgan fingerprint density at radius 1 is 1.32 bits per heavy atom. The minimum Gasteiger partial charge on any atom is -0.322 e. The summed E-state index contributed by atoms with van der Waals surface area (Å²) in [6, 6.07) is 1.78. The predicted octanol–water partition coefficient (Wildman–Crippen LogP) is 1.61. The molecule has 0 aliphatic rings. The van der Waals surface area contributed by atoms with Crippen LogP contribution in [-0.4, -0.2) is 21.6 Å². The second-order valence-corrected chi connectivity index (χ2v) is 5.33. The highest BCUT2D eigenvalue weighted by molar-refractivity contribution is 6.41. The van der Waals surface area contributed by atoms with E-state index < -0.39 is 0 Å². The number of hydrogen-bond donors (Lipinski definition) is 1. The highest BCUT2D eigenvalue weighted by Gasteiger charge is 2.14. The van der Waals surface area contributed by atoms with Crippen LogP contribution >= 0.6 is 0 Å². The van der Waals surface area contributed by atoms with Gasteiger partial charge in [0.05, 0.1) is 0 Å². The van der Waals surface area contributed by atoms with Gasteiger partial charge in [0, 0.05) is 11.8 Å². The van der Waals surface area contributed by atoms with Gasteiger partial charge in [0.15, 0.2) is 0 Å². The largest absolute Gasteiger partial charge is 0.322 e. The van der Waals surface area contributed by atoms with E-state index in [0.29, 0.717) is 16.6 Å². The fraction of sp³-hybridized carbons (Fsp3) is 0.400. The summed E-state index contributed by atoms with van der Waals surface area (Å²) in [5, 5.41) is 2.86. The van der Waals surface area contributed by atoms with Crippen molar-refractivity contribution >= 4 is 38.2 Å². The number of benzene rings is 1. The molecule has 0 heterocycles. The summed E-state index contributed by atoms with van der Waals surface area (Å²) in [5.74, 6) is 0.0471. The van der Waals surface area contributed by atoms with Gasteiger partial charge in [-0.3, -0.25) is 4.79 Å². The maximum Gasteiger partial charge on any atom is 0.248 e. The fourth-order valence-electron chi connectivity index (χ4n) is 2.00. The van der Waals surface area contributed by atoms with E-state index in [-0.39, 0.29) is 11.8 Å². The van der Waals surface area contributed by atoms with Gasteiger partial charge in [-0.1, -0.05) is 35.9 Å². The van der Waals surface area contributed by atoms with E-state index in [4.69, 9.17) is 15.7 Å². The lowest BCUT2D eigenvalue weighted by Crippen LogP contribution is -2.27. The lowest BCUT2D eigenvalue weighted by Gasteiger charge is -2.20. The van der Waals surface area contributed by atoms with Crippen LogP contribution in [0, 0.1) is 6.92 Å². The minimum absolute atomic E-state index is 0.162. The molecule has 1 aromatic rings. The number of carbonyl (C=O) groups excluding carboxylic acids is 1. The molecule has 1 aromatic carbocycles. The van der Waals surface area contributed by atoms with Crippen molar-refractivity contribution in [2.75, 3.05) is 5.32 Å². The average Bonchev–Trinajstić information content (AvgIpc) is 2.24. The van der Waals surface area contributed by atoms with Gasteiger partial charge >= 0.3 is 0 Å². The number of anilines is 1. The molecule has 0 bridgehead atoms. The molecule has 0 fully saturated rings. The zero-order chi connectivity index (χ0) is 14.7. The molecule has 96 valence electrons.